The number of benzene rings is 1. The van der Waals surface area contributed by atoms with E-state index in [0.717, 1.165) is 24.9 Å². The maximum absolute atomic E-state index is 3.49. The van der Waals surface area contributed by atoms with Gasteiger partial charge in [0.25, 0.3) is 0 Å². The molecular formula is C16H27N. The van der Waals surface area contributed by atoms with Crippen molar-refractivity contribution in [3.63, 3.8) is 0 Å². The molecule has 1 aromatic carbocycles. The van der Waals surface area contributed by atoms with E-state index in [-0.39, 0.29) is 0 Å². The lowest BCUT2D eigenvalue weighted by Crippen LogP contribution is -2.28. The molecule has 0 aliphatic rings. The second-order valence-corrected chi connectivity index (χ2v) is 5.39. The zero-order valence-corrected chi connectivity index (χ0v) is 12.0. The Morgan fingerprint density at radius 3 is 2.18 bits per heavy atom. The average Bonchev–Trinajstić information content (AvgIpc) is 2.27. The van der Waals surface area contributed by atoms with Crippen LogP contribution in [0.25, 0.3) is 0 Å². The molecule has 0 aromatic heterocycles. The van der Waals surface area contributed by atoms with E-state index in [1.807, 2.05) is 0 Å². The summed E-state index contributed by atoms with van der Waals surface area (Å²) in [5.74, 6) is 1.46. The summed E-state index contributed by atoms with van der Waals surface area (Å²) in [5.41, 5.74) is 4.42. The molecule has 1 N–H and O–H groups in total. The van der Waals surface area contributed by atoms with E-state index in [4.69, 9.17) is 0 Å². The molecule has 0 radical (unpaired) electrons. The summed E-state index contributed by atoms with van der Waals surface area (Å²) in [4.78, 5) is 0. The molecule has 0 spiro atoms. The van der Waals surface area contributed by atoms with Gasteiger partial charge in [-0.15, -0.1) is 0 Å². The lowest BCUT2D eigenvalue weighted by atomic mass is 9.86. The van der Waals surface area contributed by atoms with Gasteiger partial charge in [-0.25, -0.2) is 0 Å². The number of nitrogens with one attached hydrogen (secondary N) is 1. The van der Waals surface area contributed by atoms with Gasteiger partial charge >= 0.3 is 0 Å². The molecule has 0 amide bonds. The average molecular weight is 233 g/mol. The van der Waals surface area contributed by atoms with Crippen LogP contribution in [0, 0.1) is 25.7 Å². The predicted molar refractivity (Wildman–Crippen MR) is 76.5 cm³/mol. The lowest BCUT2D eigenvalue weighted by Gasteiger charge is -2.23. The first-order valence-corrected chi connectivity index (χ1v) is 6.82. The van der Waals surface area contributed by atoms with Crippen LogP contribution in [0.3, 0.4) is 0 Å². The minimum Gasteiger partial charge on any atom is -0.317 e. The van der Waals surface area contributed by atoms with E-state index in [2.05, 4.69) is 58.1 Å². The summed E-state index contributed by atoms with van der Waals surface area (Å²) < 4.78 is 0. The first-order valence-electron chi connectivity index (χ1n) is 6.82. The summed E-state index contributed by atoms with van der Waals surface area (Å²) in [6, 6.07) is 6.61. The minimum atomic E-state index is 0.730. The highest BCUT2D eigenvalue weighted by Gasteiger charge is 2.15. The Morgan fingerprint density at radius 1 is 1.12 bits per heavy atom. The van der Waals surface area contributed by atoms with Crippen LogP contribution in [-0.4, -0.2) is 13.1 Å². The van der Waals surface area contributed by atoms with Crippen LogP contribution < -0.4 is 5.32 Å². The maximum Gasteiger partial charge on any atom is -0.00150 e. The van der Waals surface area contributed by atoms with Crippen molar-refractivity contribution < 1.29 is 0 Å². The molecule has 0 aliphatic carbocycles. The van der Waals surface area contributed by atoms with Gasteiger partial charge < -0.3 is 5.32 Å². The van der Waals surface area contributed by atoms with Gasteiger partial charge in [-0.1, -0.05) is 39.0 Å². The van der Waals surface area contributed by atoms with Gasteiger partial charge in [0, 0.05) is 0 Å². The number of rotatable bonds is 6. The lowest BCUT2D eigenvalue weighted by molar-refractivity contribution is 0.363. The van der Waals surface area contributed by atoms with Crippen molar-refractivity contribution in [2.45, 2.75) is 41.0 Å². The van der Waals surface area contributed by atoms with Crippen molar-refractivity contribution in [2.24, 2.45) is 11.8 Å². The molecule has 1 aromatic rings. The van der Waals surface area contributed by atoms with E-state index >= 15 is 0 Å². The van der Waals surface area contributed by atoms with Gasteiger partial charge in [-0.05, 0) is 61.9 Å². The SMILES string of the molecule is CCNCC(Cc1c(C)cccc1C)C(C)C. The fourth-order valence-corrected chi connectivity index (χ4v) is 2.31. The van der Waals surface area contributed by atoms with E-state index in [1.54, 1.807) is 5.56 Å². The molecule has 17 heavy (non-hydrogen) atoms. The number of hydrogen-bond acceptors (Lipinski definition) is 1. The topological polar surface area (TPSA) is 12.0 Å². The van der Waals surface area contributed by atoms with Crippen molar-refractivity contribution >= 4 is 0 Å². The van der Waals surface area contributed by atoms with Crippen LogP contribution in [-0.2, 0) is 6.42 Å². The molecule has 1 unspecified atom stereocenters. The third-order valence-electron chi connectivity index (χ3n) is 3.71. The van der Waals surface area contributed by atoms with Gasteiger partial charge in [0.15, 0.2) is 0 Å². The van der Waals surface area contributed by atoms with E-state index in [1.165, 1.54) is 17.5 Å². The quantitative estimate of drug-likeness (QED) is 0.789. The number of aryl methyl sites for hydroxylation is 2. The fourth-order valence-electron chi connectivity index (χ4n) is 2.31. The molecule has 0 saturated carbocycles. The van der Waals surface area contributed by atoms with Gasteiger partial charge in [-0.3, -0.25) is 0 Å². The van der Waals surface area contributed by atoms with E-state index in [0.29, 0.717) is 0 Å². The van der Waals surface area contributed by atoms with Crippen LogP contribution in [0.2, 0.25) is 0 Å². The molecule has 0 fully saturated rings. The smallest absolute Gasteiger partial charge is 0.00150 e. The monoisotopic (exact) mass is 233 g/mol. The highest BCUT2D eigenvalue weighted by molar-refractivity contribution is 5.33. The molecule has 1 heteroatoms. The zero-order valence-electron chi connectivity index (χ0n) is 12.0. The Labute approximate surface area is 107 Å². The zero-order chi connectivity index (χ0) is 12.8. The van der Waals surface area contributed by atoms with Crippen molar-refractivity contribution in [3.05, 3.63) is 34.9 Å². The summed E-state index contributed by atoms with van der Waals surface area (Å²) in [6.07, 6.45) is 1.20. The molecule has 1 nitrogen and oxygen atoms in total. The van der Waals surface area contributed by atoms with Gasteiger partial charge in [0.2, 0.25) is 0 Å². The van der Waals surface area contributed by atoms with Crippen molar-refractivity contribution in [1.82, 2.24) is 5.32 Å². The summed E-state index contributed by atoms with van der Waals surface area (Å²) in [6.45, 7) is 13.5. The Kier molecular flexibility index (Phi) is 5.70. The molecule has 0 bridgehead atoms. The second kappa shape index (κ2) is 6.80. The molecule has 0 aliphatic heterocycles. The van der Waals surface area contributed by atoms with Crippen LogP contribution in [0.15, 0.2) is 18.2 Å². The van der Waals surface area contributed by atoms with Crippen molar-refractivity contribution in [2.75, 3.05) is 13.1 Å². The van der Waals surface area contributed by atoms with Crippen LogP contribution in [0.4, 0.5) is 0 Å². The van der Waals surface area contributed by atoms with Gasteiger partial charge in [-0.2, -0.15) is 0 Å². The molecule has 0 heterocycles. The van der Waals surface area contributed by atoms with E-state index < -0.39 is 0 Å². The Bertz CT molecular complexity index is 321. The van der Waals surface area contributed by atoms with Gasteiger partial charge in [0.05, 0.1) is 0 Å². The minimum absolute atomic E-state index is 0.730. The molecule has 1 atom stereocenters. The predicted octanol–water partition coefficient (Wildman–Crippen LogP) is 3.73. The standard InChI is InChI=1S/C16H27N/c1-6-17-11-15(12(2)3)10-16-13(4)8-7-9-14(16)5/h7-9,12,15,17H,6,10-11H2,1-5H3. The molecule has 96 valence electrons. The molecule has 1 rings (SSSR count). The largest absolute Gasteiger partial charge is 0.317 e. The van der Waals surface area contributed by atoms with E-state index in [9.17, 15) is 0 Å². The Hall–Kier alpha value is -0.820. The Morgan fingerprint density at radius 2 is 1.71 bits per heavy atom. The third-order valence-corrected chi connectivity index (χ3v) is 3.71. The first-order chi connectivity index (χ1) is 8.06. The van der Waals surface area contributed by atoms with Crippen LogP contribution in [0.1, 0.15) is 37.5 Å². The van der Waals surface area contributed by atoms with Gasteiger partial charge in [0.1, 0.15) is 0 Å². The third kappa shape index (κ3) is 4.16. The van der Waals surface area contributed by atoms with Crippen LogP contribution in [0.5, 0.6) is 0 Å². The van der Waals surface area contributed by atoms with Crippen molar-refractivity contribution in [1.29, 1.82) is 0 Å². The van der Waals surface area contributed by atoms with Crippen LogP contribution >= 0.6 is 0 Å². The normalized spacial score (nSPS) is 13.1. The highest BCUT2D eigenvalue weighted by atomic mass is 14.8. The number of hydrogen-bond donors (Lipinski definition) is 1. The highest BCUT2D eigenvalue weighted by Crippen LogP contribution is 2.21. The first kappa shape index (κ1) is 14.2. The molecular weight excluding hydrogens is 206 g/mol. The summed E-state index contributed by atoms with van der Waals surface area (Å²) in [7, 11) is 0. The Balaban J connectivity index is 2.78. The summed E-state index contributed by atoms with van der Waals surface area (Å²) >= 11 is 0. The van der Waals surface area contributed by atoms with Crippen molar-refractivity contribution in [3.8, 4) is 0 Å². The molecule has 0 saturated heterocycles. The maximum atomic E-state index is 3.49. The second-order valence-electron chi connectivity index (χ2n) is 5.39. The summed E-state index contributed by atoms with van der Waals surface area (Å²) in [5, 5.41) is 3.49. The fraction of sp³-hybridized carbons (Fsp3) is 0.625.